The molecular weight excluding hydrogens is 402 g/mol. The van der Waals surface area contributed by atoms with E-state index in [-0.39, 0.29) is 5.63 Å². The highest BCUT2D eigenvalue weighted by Crippen LogP contribution is 2.24. The lowest BCUT2D eigenvalue weighted by molar-refractivity contribution is 0.242. The molecule has 0 fully saturated rings. The van der Waals surface area contributed by atoms with Crippen LogP contribution in [-0.2, 0) is 19.6 Å². The standard InChI is InChI=1S/C26H29N3O3/c1-3-31-24-8-5-4-7-21(24)17-29(13-6-12-28-14-11-27-19-28)18-22-16-26(30)32-25-15-20(2)9-10-23(22)25/h4-5,7-11,14-16,19H,3,6,12-13,17-18H2,1-2H3. The molecule has 4 aromatic rings. The maximum Gasteiger partial charge on any atom is 0.336 e. The maximum absolute atomic E-state index is 12.2. The van der Waals surface area contributed by atoms with Gasteiger partial charge in [0, 0.05) is 55.6 Å². The molecule has 2 aromatic carbocycles. The molecule has 32 heavy (non-hydrogen) atoms. The van der Waals surface area contributed by atoms with Crippen molar-refractivity contribution in [3.63, 3.8) is 0 Å². The van der Waals surface area contributed by atoms with Gasteiger partial charge in [-0.25, -0.2) is 9.78 Å². The number of hydrogen-bond donors (Lipinski definition) is 0. The zero-order valence-corrected chi connectivity index (χ0v) is 18.7. The van der Waals surface area contributed by atoms with Crippen molar-refractivity contribution in [3.05, 3.63) is 94.4 Å². The first kappa shape index (κ1) is 21.8. The van der Waals surface area contributed by atoms with Crippen molar-refractivity contribution in [2.45, 2.75) is 39.9 Å². The molecule has 166 valence electrons. The predicted octanol–water partition coefficient (Wildman–Crippen LogP) is 4.79. The molecule has 0 unspecified atom stereocenters. The van der Waals surface area contributed by atoms with E-state index in [1.807, 2.05) is 56.7 Å². The number of hydrogen-bond acceptors (Lipinski definition) is 5. The lowest BCUT2D eigenvalue weighted by atomic mass is 10.1. The third kappa shape index (κ3) is 5.45. The Balaban J connectivity index is 1.60. The summed E-state index contributed by atoms with van der Waals surface area (Å²) in [4.78, 5) is 18.7. The monoisotopic (exact) mass is 431 g/mol. The number of nitrogens with zero attached hydrogens (tertiary/aromatic N) is 3. The molecular formula is C26H29N3O3. The molecule has 0 spiro atoms. The molecule has 2 heterocycles. The van der Waals surface area contributed by atoms with E-state index in [2.05, 4.69) is 26.6 Å². The molecule has 0 aliphatic carbocycles. The number of imidazole rings is 1. The minimum Gasteiger partial charge on any atom is -0.494 e. The molecule has 0 atom stereocenters. The fraction of sp³-hybridized carbons (Fsp3) is 0.308. The van der Waals surface area contributed by atoms with E-state index >= 15 is 0 Å². The van der Waals surface area contributed by atoms with Crippen molar-refractivity contribution >= 4 is 11.0 Å². The Labute approximate surface area is 188 Å². The Morgan fingerprint density at radius 1 is 1.09 bits per heavy atom. The molecule has 0 radical (unpaired) electrons. The number of fused-ring (bicyclic) bond motifs is 1. The number of para-hydroxylation sites is 1. The third-order valence-electron chi connectivity index (χ3n) is 5.50. The summed E-state index contributed by atoms with van der Waals surface area (Å²) in [5.41, 5.74) is 3.51. The van der Waals surface area contributed by atoms with Gasteiger partial charge in [0.1, 0.15) is 11.3 Å². The van der Waals surface area contributed by atoms with E-state index < -0.39 is 0 Å². The summed E-state index contributed by atoms with van der Waals surface area (Å²) in [6.07, 6.45) is 6.58. The van der Waals surface area contributed by atoms with Crippen LogP contribution in [0, 0.1) is 6.92 Å². The van der Waals surface area contributed by atoms with E-state index in [1.54, 1.807) is 12.3 Å². The van der Waals surface area contributed by atoms with Crippen molar-refractivity contribution in [3.8, 4) is 5.75 Å². The quantitative estimate of drug-likeness (QED) is 0.338. The maximum atomic E-state index is 12.2. The van der Waals surface area contributed by atoms with Crippen LogP contribution < -0.4 is 10.4 Å². The molecule has 0 N–H and O–H groups in total. The second-order valence-corrected chi connectivity index (χ2v) is 8.00. The zero-order valence-electron chi connectivity index (χ0n) is 18.7. The average molecular weight is 432 g/mol. The van der Waals surface area contributed by atoms with E-state index in [4.69, 9.17) is 9.15 Å². The molecule has 0 aliphatic heterocycles. The minimum atomic E-state index is -0.314. The summed E-state index contributed by atoms with van der Waals surface area (Å²) in [6.45, 7) is 7.76. The highest BCUT2D eigenvalue weighted by Gasteiger charge is 2.14. The van der Waals surface area contributed by atoms with Crippen molar-refractivity contribution in [1.82, 2.24) is 14.5 Å². The van der Waals surface area contributed by atoms with Crippen LogP contribution in [0.1, 0.15) is 30.0 Å². The Morgan fingerprint density at radius 3 is 2.75 bits per heavy atom. The topological polar surface area (TPSA) is 60.5 Å². The molecule has 6 heteroatoms. The van der Waals surface area contributed by atoms with E-state index in [9.17, 15) is 4.79 Å². The van der Waals surface area contributed by atoms with Crippen LogP contribution in [-0.4, -0.2) is 27.6 Å². The van der Waals surface area contributed by atoms with Gasteiger partial charge >= 0.3 is 5.63 Å². The molecule has 0 saturated heterocycles. The number of aryl methyl sites for hydroxylation is 2. The van der Waals surface area contributed by atoms with E-state index in [1.165, 1.54) is 0 Å². The summed E-state index contributed by atoms with van der Waals surface area (Å²) in [5, 5.41) is 0.980. The highest BCUT2D eigenvalue weighted by atomic mass is 16.5. The zero-order chi connectivity index (χ0) is 22.3. The minimum absolute atomic E-state index is 0.314. The molecule has 0 saturated carbocycles. The SMILES string of the molecule is CCOc1ccccc1CN(CCCn1ccnc1)Cc1cc(=O)oc2cc(C)ccc12. The largest absolute Gasteiger partial charge is 0.494 e. The van der Waals surface area contributed by atoms with Crippen LogP contribution in [0.2, 0.25) is 0 Å². The molecule has 0 amide bonds. The molecule has 6 nitrogen and oxygen atoms in total. The Bertz CT molecular complexity index is 1210. The van der Waals surface area contributed by atoms with Crippen LogP contribution >= 0.6 is 0 Å². The highest BCUT2D eigenvalue weighted by molar-refractivity contribution is 5.80. The van der Waals surface area contributed by atoms with Crippen LogP contribution in [0.3, 0.4) is 0 Å². The molecule has 0 bridgehead atoms. The van der Waals surface area contributed by atoms with Gasteiger partial charge in [-0.2, -0.15) is 0 Å². The van der Waals surface area contributed by atoms with Gasteiger partial charge in [0.15, 0.2) is 0 Å². The van der Waals surface area contributed by atoms with Crippen LogP contribution in [0.4, 0.5) is 0 Å². The normalized spacial score (nSPS) is 11.3. The van der Waals surface area contributed by atoms with Crippen molar-refractivity contribution in [2.24, 2.45) is 0 Å². The van der Waals surface area contributed by atoms with Gasteiger partial charge in [0.05, 0.1) is 12.9 Å². The fourth-order valence-corrected chi connectivity index (χ4v) is 3.99. The first-order chi connectivity index (χ1) is 15.6. The van der Waals surface area contributed by atoms with E-state index in [0.29, 0.717) is 18.7 Å². The van der Waals surface area contributed by atoms with Crippen molar-refractivity contribution < 1.29 is 9.15 Å². The number of ether oxygens (including phenoxy) is 1. The third-order valence-corrected chi connectivity index (χ3v) is 5.50. The predicted molar refractivity (Wildman–Crippen MR) is 126 cm³/mol. The van der Waals surface area contributed by atoms with Crippen LogP contribution in [0.25, 0.3) is 11.0 Å². The first-order valence-electron chi connectivity index (χ1n) is 11.0. The summed E-state index contributed by atoms with van der Waals surface area (Å²) >= 11 is 0. The fourth-order valence-electron chi connectivity index (χ4n) is 3.99. The smallest absolute Gasteiger partial charge is 0.336 e. The Kier molecular flexibility index (Phi) is 7.02. The van der Waals surface area contributed by atoms with Gasteiger partial charge in [-0.1, -0.05) is 30.3 Å². The number of rotatable bonds is 10. The van der Waals surface area contributed by atoms with E-state index in [0.717, 1.165) is 53.9 Å². The second-order valence-electron chi connectivity index (χ2n) is 8.00. The molecule has 4 rings (SSSR count). The summed E-state index contributed by atoms with van der Waals surface area (Å²) in [5.74, 6) is 0.905. The lowest BCUT2D eigenvalue weighted by Crippen LogP contribution is -2.26. The summed E-state index contributed by atoms with van der Waals surface area (Å²) in [6, 6.07) is 15.8. The van der Waals surface area contributed by atoms with Gasteiger partial charge in [-0.05, 0) is 43.5 Å². The Hall–Kier alpha value is -3.38. The molecule has 0 aliphatic rings. The summed E-state index contributed by atoms with van der Waals surface area (Å²) < 4.78 is 13.4. The first-order valence-corrected chi connectivity index (χ1v) is 11.0. The Morgan fingerprint density at radius 2 is 1.94 bits per heavy atom. The van der Waals surface area contributed by atoms with Gasteiger partial charge in [-0.15, -0.1) is 0 Å². The van der Waals surface area contributed by atoms with Crippen molar-refractivity contribution in [2.75, 3.05) is 13.2 Å². The van der Waals surface area contributed by atoms with Crippen molar-refractivity contribution in [1.29, 1.82) is 0 Å². The summed E-state index contributed by atoms with van der Waals surface area (Å²) in [7, 11) is 0. The molecule has 2 aromatic heterocycles. The number of aromatic nitrogens is 2. The van der Waals surface area contributed by atoms with Crippen LogP contribution in [0.5, 0.6) is 5.75 Å². The van der Waals surface area contributed by atoms with Gasteiger partial charge < -0.3 is 13.7 Å². The van der Waals surface area contributed by atoms with Crippen LogP contribution in [0.15, 0.2) is 76.5 Å². The second kappa shape index (κ2) is 10.3. The van der Waals surface area contributed by atoms with Gasteiger partial charge in [0.2, 0.25) is 0 Å². The lowest BCUT2D eigenvalue weighted by Gasteiger charge is -2.24. The number of benzene rings is 2. The average Bonchev–Trinajstić information content (AvgIpc) is 3.28. The van der Waals surface area contributed by atoms with Gasteiger partial charge in [-0.3, -0.25) is 4.90 Å². The van der Waals surface area contributed by atoms with Gasteiger partial charge in [0.25, 0.3) is 0 Å².